The normalized spacial score (nSPS) is 24.0. The first-order valence-corrected chi connectivity index (χ1v) is 6.28. The Morgan fingerprint density at radius 3 is 3.11 bits per heavy atom. The number of aliphatic hydroxyl groups is 1. The van der Waals surface area contributed by atoms with Crippen molar-refractivity contribution in [1.29, 1.82) is 0 Å². The molecule has 2 heterocycles. The molecule has 18 heavy (non-hydrogen) atoms. The van der Waals surface area contributed by atoms with Gasteiger partial charge in [-0.15, -0.1) is 0 Å². The summed E-state index contributed by atoms with van der Waals surface area (Å²) >= 11 is 4.93. The van der Waals surface area contributed by atoms with Crippen molar-refractivity contribution >= 4 is 23.0 Å². The van der Waals surface area contributed by atoms with E-state index in [1.165, 1.54) is 0 Å². The standard InChI is InChI=1S/C12H17N3O2S/c1-8-7-17-9(6-16)5-15(8)11-4-2-3-10(14-11)12(13)18/h2-4,8-9,16H,5-7H2,1H3,(H2,13,18). The van der Waals surface area contributed by atoms with Gasteiger partial charge in [0.15, 0.2) is 0 Å². The zero-order valence-corrected chi connectivity index (χ0v) is 11.1. The van der Waals surface area contributed by atoms with Crippen molar-refractivity contribution < 1.29 is 9.84 Å². The van der Waals surface area contributed by atoms with E-state index < -0.39 is 0 Å². The highest BCUT2D eigenvalue weighted by atomic mass is 32.1. The van der Waals surface area contributed by atoms with Crippen molar-refractivity contribution in [3.05, 3.63) is 23.9 Å². The molecule has 1 aliphatic heterocycles. The largest absolute Gasteiger partial charge is 0.394 e. The van der Waals surface area contributed by atoms with Gasteiger partial charge in [0.05, 0.1) is 31.1 Å². The number of anilines is 1. The summed E-state index contributed by atoms with van der Waals surface area (Å²) in [6.07, 6.45) is -0.170. The van der Waals surface area contributed by atoms with Gasteiger partial charge in [-0.05, 0) is 19.1 Å². The fourth-order valence-electron chi connectivity index (χ4n) is 1.97. The minimum Gasteiger partial charge on any atom is -0.394 e. The van der Waals surface area contributed by atoms with Crippen molar-refractivity contribution in [1.82, 2.24) is 4.98 Å². The predicted molar refractivity (Wildman–Crippen MR) is 73.8 cm³/mol. The Labute approximate surface area is 112 Å². The van der Waals surface area contributed by atoms with E-state index in [-0.39, 0.29) is 23.7 Å². The molecule has 98 valence electrons. The summed E-state index contributed by atoms with van der Waals surface area (Å²) in [5.41, 5.74) is 6.20. The van der Waals surface area contributed by atoms with Gasteiger partial charge in [0.1, 0.15) is 10.8 Å². The maximum Gasteiger partial charge on any atom is 0.129 e. The number of thiocarbonyl (C=S) groups is 1. The molecule has 1 saturated heterocycles. The molecule has 0 aromatic carbocycles. The highest BCUT2D eigenvalue weighted by molar-refractivity contribution is 7.80. The molecular formula is C12H17N3O2S. The van der Waals surface area contributed by atoms with Crippen molar-refractivity contribution in [2.45, 2.75) is 19.1 Å². The number of aliphatic hydroxyl groups excluding tert-OH is 1. The fourth-order valence-corrected chi connectivity index (χ4v) is 2.08. The molecule has 3 N–H and O–H groups in total. The van der Waals surface area contributed by atoms with Crippen LogP contribution in [0.2, 0.25) is 0 Å². The number of nitrogens with two attached hydrogens (primary N) is 1. The lowest BCUT2D eigenvalue weighted by Gasteiger charge is -2.38. The summed E-state index contributed by atoms with van der Waals surface area (Å²) < 4.78 is 5.50. The summed E-state index contributed by atoms with van der Waals surface area (Å²) in [5.74, 6) is 0.814. The molecule has 0 bridgehead atoms. The van der Waals surface area contributed by atoms with Crippen molar-refractivity contribution in [2.75, 3.05) is 24.7 Å². The molecule has 2 unspecified atom stereocenters. The van der Waals surface area contributed by atoms with Crippen LogP contribution >= 0.6 is 12.2 Å². The lowest BCUT2D eigenvalue weighted by molar-refractivity contribution is -0.0105. The molecule has 1 aromatic heterocycles. The van der Waals surface area contributed by atoms with Gasteiger partial charge < -0.3 is 20.5 Å². The monoisotopic (exact) mass is 267 g/mol. The van der Waals surface area contributed by atoms with Gasteiger partial charge in [0.25, 0.3) is 0 Å². The average molecular weight is 267 g/mol. The second kappa shape index (κ2) is 5.60. The molecule has 1 aliphatic rings. The van der Waals surface area contributed by atoms with Gasteiger partial charge in [-0.1, -0.05) is 18.3 Å². The number of aromatic nitrogens is 1. The van der Waals surface area contributed by atoms with Crippen LogP contribution in [-0.4, -0.2) is 47.0 Å². The molecule has 2 atom stereocenters. The van der Waals surface area contributed by atoms with E-state index in [1.54, 1.807) is 6.07 Å². The van der Waals surface area contributed by atoms with Gasteiger partial charge in [-0.25, -0.2) is 4.98 Å². The number of morpholine rings is 1. The minimum atomic E-state index is -0.170. The maximum atomic E-state index is 9.17. The number of pyridine rings is 1. The Morgan fingerprint density at radius 2 is 2.44 bits per heavy atom. The van der Waals surface area contributed by atoms with Crippen LogP contribution in [-0.2, 0) is 4.74 Å². The van der Waals surface area contributed by atoms with E-state index in [2.05, 4.69) is 16.8 Å². The highest BCUT2D eigenvalue weighted by Crippen LogP contribution is 2.20. The van der Waals surface area contributed by atoms with Gasteiger partial charge >= 0.3 is 0 Å². The smallest absolute Gasteiger partial charge is 0.129 e. The molecule has 2 rings (SSSR count). The molecule has 1 fully saturated rings. The molecule has 1 aromatic rings. The number of nitrogens with zero attached hydrogens (tertiary/aromatic N) is 2. The SMILES string of the molecule is CC1COC(CO)CN1c1cccc(C(N)=S)n1. The van der Waals surface area contributed by atoms with Crippen LogP contribution in [0, 0.1) is 0 Å². The number of hydrogen-bond donors (Lipinski definition) is 2. The third-order valence-corrected chi connectivity index (χ3v) is 3.20. The highest BCUT2D eigenvalue weighted by Gasteiger charge is 2.26. The van der Waals surface area contributed by atoms with Gasteiger partial charge in [0.2, 0.25) is 0 Å². The van der Waals surface area contributed by atoms with Crippen LogP contribution in [0.15, 0.2) is 18.2 Å². The van der Waals surface area contributed by atoms with Crippen LogP contribution in [0.4, 0.5) is 5.82 Å². The van der Waals surface area contributed by atoms with Gasteiger partial charge in [0, 0.05) is 6.54 Å². The molecule has 0 saturated carbocycles. The summed E-state index contributed by atoms with van der Waals surface area (Å²) in [6, 6.07) is 5.80. The zero-order valence-electron chi connectivity index (χ0n) is 10.2. The predicted octanol–water partition coefficient (Wildman–Crippen LogP) is 0.302. The average Bonchev–Trinajstić information content (AvgIpc) is 2.39. The topological polar surface area (TPSA) is 71.6 Å². The first kappa shape index (κ1) is 13.2. The number of rotatable bonds is 3. The Bertz CT molecular complexity index is 441. The fraction of sp³-hybridized carbons (Fsp3) is 0.500. The van der Waals surface area contributed by atoms with Crippen molar-refractivity contribution in [2.24, 2.45) is 5.73 Å². The van der Waals surface area contributed by atoms with Crippen LogP contribution in [0.1, 0.15) is 12.6 Å². The summed E-state index contributed by atoms with van der Waals surface area (Å²) in [5, 5.41) is 9.17. The quantitative estimate of drug-likeness (QED) is 0.768. The van der Waals surface area contributed by atoms with Crippen molar-refractivity contribution in [3.63, 3.8) is 0 Å². The Kier molecular flexibility index (Phi) is 4.11. The lowest BCUT2D eigenvalue weighted by atomic mass is 10.2. The Balaban J connectivity index is 2.23. The van der Waals surface area contributed by atoms with Crippen LogP contribution < -0.4 is 10.6 Å². The molecule has 0 spiro atoms. The molecule has 0 aliphatic carbocycles. The third kappa shape index (κ3) is 2.77. The first-order valence-electron chi connectivity index (χ1n) is 5.87. The minimum absolute atomic E-state index is 0.0121. The van der Waals surface area contributed by atoms with Gasteiger partial charge in [-0.3, -0.25) is 0 Å². The van der Waals surface area contributed by atoms with Crippen LogP contribution in [0.5, 0.6) is 0 Å². The number of hydrogen-bond acceptors (Lipinski definition) is 5. The van der Waals surface area contributed by atoms with Crippen molar-refractivity contribution in [3.8, 4) is 0 Å². The van der Waals surface area contributed by atoms with E-state index in [9.17, 15) is 5.11 Å². The third-order valence-electron chi connectivity index (χ3n) is 2.99. The van der Waals surface area contributed by atoms with E-state index in [0.29, 0.717) is 18.8 Å². The summed E-state index contributed by atoms with van der Waals surface area (Å²) in [7, 11) is 0. The molecule has 5 nitrogen and oxygen atoms in total. The second-order valence-electron chi connectivity index (χ2n) is 4.38. The van der Waals surface area contributed by atoms with E-state index in [4.69, 9.17) is 22.7 Å². The number of ether oxygens (including phenoxy) is 1. The Morgan fingerprint density at radius 1 is 1.67 bits per heavy atom. The first-order chi connectivity index (χ1) is 8.61. The summed E-state index contributed by atoms with van der Waals surface area (Å²) in [6.45, 7) is 3.26. The van der Waals surface area contributed by atoms with Crippen LogP contribution in [0.3, 0.4) is 0 Å². The van der Waals surface area contributed by atoms with Gasteiger partial charge in [-0.2, -0.15) is 0 Å². The van der Waals surface area contributed by atoms with Crippen LogP contribution in [0.25, 0.3) is 0 Å². The Hall–Kier alpha value is -1.24. The van der Waals surface area contributed by atoms with E-state index >= 15 is 0 Å². The molecule has 6 heteroatoms. The molecule has 0 radical (unpaired) electrons. The summed E-state index contributed by atoms with van der Waals surface area (Å²) in [4.78, 5) is 6.83. The maximum absolute atomic E-state index is 9.17. The molecular weight excluding hydrogens is 250 g/mol. The second-order valence-corrected chi connectivity index (χ2v) is 4.82. The van der Waals surface area contributed by atoms with E-state index in [0.717, 1.165) is 5.82 Å². The van der Waals surface area contributed by atoms with E-state index in [1.807, 2.05) is 12.1 Å². The lowest BCUT2D eigenvalue weighted by Crippen LogP contribution is -2.50. The molecule has 0 amide bonds. The zero-order chi connectivity index (χ0) is 13.1.